The molecule has 0 unspecified atom stereocenters. The summed E-state index contributed by atoms with van der Waals surface area (Å²) in [5.74, 6) is 1.77. The molecule has 3 heterocycles. The fourth-order valence-electron chi connectivity index (χ4n) is 2.94. The summed E-state index contributed by atoms with van der Waals surface area (Å²) in [6, 6.07) is 3.16. The molecule has 9 nitrogen and oxygen atoms in total. The molecule has 1 N–H and O–H groups in total. The Balaban J connectivity index is 1.47. The maximum absolute atomic E-state index is 11.9. The molecular weight excluding hydrogens is 348 g/mol. The summed E-state index contributed by atoms with van der Waals surface area (Å²) in [5, 5.41) is 2.72. The number of ether oxygens (including phenoxy) is 1. The molecule has 0 radical (unpaired) electrons. The highest BCUT2D eigenvalue weighted by molar-refractivity contribution is 5.75. The summed E-state index contributed by atoms with van der Waals surface area (Å²) in [6.45, 7) is 4.37. The zero-order valence-corrected chi connectivity index (χ0v) is 15.4. The number of carbonyl (C=O) groups excluding carboxylic acids is 1. The van der Waals surface area contributed by atoms with E-state index in [0.29, 0.717) is 18.2 Å². The Hall–Kier alpha value is -2.97. The number of nitrogens with zero attached hydrogens (tertiary/aromatic N) is 5. The molecular formula is C18H24N6O3. The van der Waals surface area contributed by atoms with Crippen molar-refractivity contribution in [2.24, 2.45) is 0 Å². The van der Waals surface area contributed by atoms with Gasteiger partial charge in [-0.3, -0.25) is 14.2 Å². The van der Waals surface area contributed by atoms with E-state index in [0.717, 1.165) is 18.9 Å². The number of aryl methyl sites for hydroxylation is 1. The van der Waals surface area contributed by atoms with Gasteiger partial charge in [-0.15, -0.1) is 0 Å². The Morgan fingerprint density at radius 2 is 2.07 bits per heavy atom. The number of anilines is 1. The monoisotopic (exact) mass is 372 g/mol. The van der Waals surface area contributed by atoms with E-state index in [4.69, 9.17) is 4.74 Å². The molecule has 0 spiro atoms. The van der Waals surface area contributed by atoms with Gasteiger partial charge < -0.3 is 15.0 Å². The first-order valence-corrected chi connectivity index (χ1v) is 9.12. The lowest BCUT2D eigenvalue weighted by atomic mass is 10.1. The number of amides is 1. The molecule has 2 aromatic rings. The van der Waals surface area contributed by atoms with Crippen LogP contribution in [0.3, 0.4) is 0 Å². The summed E-state index contributed by atoms with van der Waals surface area (Å²) >= 11 is 0. The van der Waals surface area contributed by atoms with E-state index in [1.54, 1.807) is 0 Å². The van der Waals surface area contributed by atoms with Gasteiger partial charge >= 0.3 is 0 Å². The zero-order valence-electron chi connectivity index (χ0n) is 15.4. The molecule has 9 heteroatoms. The Labute approximate surface area is 157 Å². The highest BCUT2D eigenvalue weighted by atomic mass is 16.5. The van der Waals surface area contributed by atoms with Crippen molar-refractivity contribution in [2.75, 3.05) is 31.1 Å². The van der Waals surface area contributed by atoms with Crippen molar-refractivity contribution < 1.29 is 9.53 Å². The average Bonchev–Trinajstić information content (AvgIpc) is 2.67. The van der Waals surface area contributed by atoms with Gasteiger partial charge in [0.05, 0.1) is 12.9 Å². The molecule has 0 aromatic carbocycles. The van der Waals surface area contributed by atoms with Crippen LogP contribution in [0, 0.1) is 6.92 Å². The Bertz CT molecular complexity index is 832. The number of rotatable bonds is 7. The van der Waals surface area contributed by atoms with Crippen molar-refractivity contribution >= 4 is 11.7 Å². The molecule has 1 aliphatic heterocycles. The molecule has 2 aromatic heterocycles. The third kappa shape index (κ3) is 5.50. The van der Waals surface area contributed by atoms with Gasteiger partial charge in [0.1, 0.15) is 24.8 Å². The summed E-state index contributed by atoms with van der Waals surface area (Å²) in [6.07, 6.45) is 6.34. The minimum absolute atomic E-state index is 0.0710. The normalized spacial score (nSPS) is 14.0. The topological polar surface area (TPSA) is 102 Å². The van der Waals surface area contributed by atoms with E-state index in [2.05, 4.69) is 25.2 Å². The predicted molar refractivity (Wildman–Crippen MR) is 99.8 cm³/mol. The largest absolute Gasteiger partial charge is 0.476 e. The number of hydrogen-bond donors (Lipinski definition) is 1. The van der Waals surface area contributed by atoms with E-state index < -0.39 is 0 Å². The molecule has 0 saturated carbocycles. The van der Waals surface area contributed by atoms with Crippen LogP contribution < -0.4 is 20.5 Å². The first-order valence-electron chi connectivity index (χ1n) is 9.12. The number of hydrogen-bond acceptors (Lipinski definition) is 7. The van der Waals surface area contributed by atoms with Crippen LogP contribution in [0.2, 0.25) is 0 Å². The fourth-order valence-corrected chi connectivity index (χ4v) is 2.94. The summed E-state index contributed by atoms with van der Waals surface area (Å²) < 4.78 is 6.91. The Morgan fingerprint density at radius 1 is 1.26 bits per heavy atom. The molecule has 0 bridgehead atoms. The lowest BCUT2D eigenvalue weighted by Gasteiger charge is -2.28. The maximum Gasteiger partial charge on any atom is 0.253 e. The van der Waals surface area contributed by atoms with Crippen LogP contribution in [0.5, 0.6) is 5.88 Å². The average molecular weight is 372 g/mol. The second-order valence-corrected chi connectivity index (χ2v) is 6.40. The van der Waals surface area contributed by atoms with Gasteiger partial charge in [0.25, 0.3) is 5.56 Å². The Kier molecular flexibility index (Phi) is 6.35. The molecule has 1 saturated heterocycles. The minimum Gasteiger partial charge on any atom is -0.476 e. The van der Waals surface area contributed by atoms with Gasteiger partial charge in [-0.2, -0.15) is 4.98 Å². The van der Waals surface area contributed by atoms with Gasteiger partial charge in [0, 0.05) is 31.4 Å². The summed E-state index contributed by atoms with van der Waals surface area (Å²) in [7, 11) is 0. The molecule has 0 atom stereocenters. The highest BCUT2D eigenvalue weighted by Gasteiger charge is 2.14. The van der Waals surface area contributed by atoms with Crippen LogP contribution in [0.1, 0.15) is 25.1 Å². The predicted octanol–water partition coefficient (Wildman–Crippen LogP) is 0.527. The van der Waals surface area contributed by atoms with Gasteiger partial charge in [-0.05, 0) is 26.2 Å². The second-order valence-electron chi connectivity index (χ2n) is 6.40. The molecule has 1 amide bonds. The van der Waals surface area contributed by atoms with Gasteiger partial charge in [-0.1, -0.05) is 0 Å². The van der Waals surface area contributed by atoms with E-state index >= 15 is 0 Å². The smallest absolute Gasteiger partial charge is 0.253 e. The van der Waals surface area contributed by atoms with Gasteiger partial charge in [0.15, 0.2) is 0 Å². The SMILES string of the molecule is Cc1nc(OCCNC(=O)Cn2cnccc2=O)cc(N2CCCCC2)n1. The van der Waals surface area contributed by atoms with Crippen molar-refractivity contribution in [3.63, 3.8) is 0 Å². The lowest BCUT2D eigenvalue weighted by molar-refractivity contribution is -0.121. The van der Waals surface area contributed by atoms with Gasteiger partial charge in [-0.25, -0.2) is 9.97 Å². The molecule has 1 fully saturated rings. The molecule has 3 rings (SSSR count). The van der Waals surface area contributed by atoms with Crippen LogP contribution in [-0.2, 0) is 11.3 Å². The summed E-state index contributed by atoms with van der Waals surface area (Å²) in [5.41, 5.74) is -0.266. The van der Waals surface area contributed by atoms with E-state index in [1.807, 2.05) is 13.0 Å². The van der Waals surface area contributed by atoms with E-state index in [-0.39, 0.29) is 24.6 Å². The molecule has 27 heavy (non-hydrogen) atoms. The first kappa shape index (κ1) is 18.8. The van der Waals surface area contributed by atoms with Crippen LogP contribution in [0.25, 0.3) is 0 Å². The standard InChI is InChI=1S/C18H24N6O3/c1-14-21-15(23-8-3-2-4-9-23)11-17(22-14)27-10-7-20-16(25)12-24-13-19-6-5-18(24)26/h5-6,11,13H,2-4,7-10,12H2,1H3,(H,20,25). The fraction of sp³-hybridized carbons (Fsp3) is 0.500. The number of carbonyl (C=O) groups is 1. The van der Waals surface area contributed by atoms with E-state index in [9.17, 15) is 9.59 Å². The second kappa shape index (κ2) is 9.11. The maximum atomic E-state index is 11.9. The third-order valence-electron chi connectivity index (χ3n) is 4.26. The highest BCUT2D eigenvalue weighted by Crippen LogP contribution is 2.21. The minimum atomic E-state index is -0.276. The van der Waals surface area contributed by atoms with Crippen LogP contribution in [-0.4, -0.2) is 51.7 Å². The zero-order chi connectivity index (χ0) is 19.1. The number of nitrogens with one attached hydrogen (secondary N) is 1. The van der Waals surface area contributed by atoms with Crippen LogP contribution in [0.15, 0.2) is 29.5 Å². The van der Waals surface area contributed by atoms with Crippen molar-refractivity contribution in [2.45, 2.75) is 32.7 Å². The van der Waals surface area contributed by atoms with Crippen LogP contribution >= 0.6 is 0 Å². The van der Waals surface area contributed by atoms with Gasteiger partial charge in [0.2, 0.25) is 11.8 Å². The number of aromatic nitrogens is 4. The summed E-state index contributed by atoms with van der Waals surface area (Å²) in [4.78, 5) is 38.3. The first-order chi connectivity index (χ1) is 13.1. The number of piperidine rings is 1. The lowest BCUT2D eigenvalue weighted by Crippen LogP contribution is -2.34. The Morgan fingerprint density at radius 3 is 2.85 bits per heavy atom. The van der Waals surface area contributed by atoms with Crippen molar-refractivity contribution in [1.29, 1.82) is 0 Å². The van der Waals surface area contributed by atoms with Crippen molar-refractivity contribution in [3.05, 3.63) is 40.8 Å². The van der Waals surface area contributed by atoms with Crippen molar-refractivity contribution in [3.8, 4) is 5.88 Å². The van der Waals surface area contributed by atoms with E-state index in [1.165, 1.54) is 42.4 Å². The molecule has 0 aliphatic carbocycles. The third-order valence-corrected chi connectivity index (χ3v) is 4.26. The molecule has 1 aliphatic rings. The van der Waals surface area contributed by atoms with Crippen molar-refractivity contribution in [1.82, 2.24) is 24.8 Å². The molecule has 144 valence electrons. The van der Waals surface area contributed by atoms with Crippen LogP contribution in [0.4, 0.5) is 5.82 Å². The quantitative estimate of drug-likeness (QED) is 0.707.